The van der Waals surface area contributed by atoms with Crippen LogP contribution in [0.1, 0.15) is 37.3 Å². The van der Waals surface area contributed by atoms with Gasteiger partial charge in [-0.15, -0.1) is 0 Å². The molecule has 5 nitrogen and oxygen atoms in total. The van der Waals surface area contributed by atoms with Crippen molar-refractivity contribution in [2.24, 2.45) is 0 Å². The number of aryl methyl sites for hydroxylation is 1. The predicted molar refractivity (Wildman–Crippen MR) is 104 cm³/mol. The molecule has 0 radical (unpaired) electrons. The number of alkyl carbamates (subject to hydrolysis) is 1. The molecule has 0 aliphatic carbocycles. The minimum absolute atomic E-state index is 0.175. The molecule has 1 unspecified atom stereocenters. The van der Waals surface area contributed by atoms with Crippen LogP contribution >= 0.6 is 0 Å². The largest absolute Gasteiger partial charge is 0.459 e. The lowest BCUT2D eigenvalue weighted by Gasteiger charge is -2.18. The second-order valence-corrected chi connectivity index (χ2v) is 6.30. The number of carbonyl (C=O) groups excluding carboxylic acids is 2. The summed E-state index contributed by atoms with van der Waals surface area (Å²) >= 11 is 0. The number of carbonyl (C=O) groups is 2. The van der Waals surface area contributed by atoms with E-state index < -0.39 is 18.1 Å². The summed E-state index contributed by atoms with van der Waals surface area (Å²) in [6, 6.07) is 18.5. The van der Waals surface area contributed by atoms with E-state index in [1.54, 1.807) is 0 Å². The lowest BCUT2D eigenvalue weighted by atomic mass is 10.1. The van der Waals surface area contributed by atoms with Gasteiger partial charge in [0, 0.05) is 0 Å². The fourth-order valence-electron chi connectivity index (χ4n) is 2.53. The fraction of sp³-hybridized carbons (Fsp3) is 0.364. The van der Waals surface area contributed by atoms with Crippen molar-refractivity contribution in [2.45, 2.75) is 45.3 Å². The van der Waals surface area contributed by atoms with Crippen LogP contribution in [0, 0.1) is 0 Å². The molecule has 2 rings (SSSR count). The Kier molecular flexibility index (Phi) is 8.90. The number of hydrogen-bond acceptors (Lipinski definition) is 4. The highest BCUT2D eigenvalue weighted by molar-refractivity contribution is 5.81. The van der Waals surface area contributed by atoms with Gasteiger partial charge in [-0.2, -0.15) is 0 Å². The third kappa shape index (κ3) is 7.94. The Morgan fingerprint density at radius 1 is 0.926 bits per heavy atom. The normalized spacial score (nSPS) is 11.4. The first-order valence-electron chi connectivity index (χ1n) is 9.37. The standard InChI is InChI=1S/C22H27NO4/c1-2-3-16-26-22(25)23-20(15-14-18-10-6-4-7-11-18)21(24)27-17-19-12-8-5-9-13-19/h4-13,20H,2-3,14-17H2,1H3,(H,23,25). The molecule has 0 bridgehead atoms. The highest BCUT2D eigenvalue weighted by Gasteiger charge is 2.23. The SMILES string of the molecule is CCCCOC(=O)NC(CCc1ccccc1)C(=O)OCc1ccccc1. The van der Waals surface area contributed by atoms with Crippen molar-refractivity contribution in [2.75, 3.05) is 6.61 Å². The third-order valence-electron chi connectivity index (χ3n) is 4.10. The molecule has 0 saturated heterocycles. The van der Waals surface area contributed by atoms with Crippen LogP contribution in [0.4, 0.5) is 4.79 Å². The Morgan fingerprint density at radius 3 is 2.19 bits per heavy atom. The maximum absolute atomic E-state index is 12.5. The van der Waals surface area contributed by atoms with E-state index in [1.807, 2.05) is 67.6 Å². The van der Waals surface area contributed by atoms with Gasteiger partial charge in [-0.05, 0) is 30.4 Å². The number of hydrogen-bond donors (Lipinski definition) is 1. The zero-order valence-electron chi connectivity index (χ0n) is 15.7. The molecule has 2 aromatic carbocycles. The summed E-state index contributed by atoms with van der Waals surface area (Å²) in [5.74, 6) is -0.456. The zero-order valence-corrected chi connectivity index (χ0v) is 15.7. The molecule has 5 heteroatoms. The third-order valence-corrected chi connectivity index (χ3v) is 4.10. The fourth-order valence-corrected chi connectivity index (χ4v) is 2.53. The molecule has 1 N–H and O–H groups in total. The lowest BCUT2D eigenvalue weighted by Crippen LogP contribution is -2.42. The molecule has 0 aliphatic rings. The van der Waals surface area contributed by atoms with Crippen molar-refractivity contribution in [1.29, 1.82) is 0 Å². The summed E-state index contributed by atoms with van der Waals surface area (Å²) < 4.78 is 10.5. The first kappa shape index (κ1) is 20.5. The highest BCUT2D eigenvalue weighted by Crippen LogP contribution is 2.09. The molecular weight excluding hydrogens is 342 g/mol. The van der Waals surface area contributed by atoms with Gasteiger partial charge in [0.15, 0.2) is 0 Å². The summed E-state index contributed by atoms with van der Waals surface area (Å²) in [5.41, 5.74) is 2.00. The Balaban J connectivity index is 1.92. The number of amides is 1. The van der Waals surface area contributed by atoms with Gasteiger partial charge >= 0.3 is 12.1 Å². The van der Waals surface area contributed by atoms with Gasteiger partial charge in [0.2, 0.25) is 0 Å². The Labute approximate surface area is 160 Å². The molecule has 0 aliphatic heterocycles. The Hall–Kier alpha value is -2.82. The van der Waals surface area contributed by atoms with Gasteiger partial charge in [-0.25, -0.2) is 9.59 Å². The topological polar surface area (TPSA) is 64.6 Å². The smallest absolute Gasteiger partial charge is 0.407 e. The number of benzene rings is 2. The van der Waals surface area contributed by atoms with Crippen LogP contribution in [-0.4, -0.2) is 24.7 Å². The maximum atomic E-state index is 12.5. The number of ether oxygens (including phenoxy) is 2. The number of unbranched alkanes of at least 4 members (excludes halogenated alkanes) is 1. The van der Waals surface area contributed by atoms with E-state index in [4.69, 9.17) is 9.47 Å². The van der Waals surface area contributed by atoms with Gasteiger partial charge in [0.1, 0.15) is 12.6 Å². The van der Waals surface area contributed by atoms with E-state index in [-0.39, 0.29) is 6.61 Å². The van der Waals surface area contributed by atoms with Gasteiger partial charge in [0.25, 0.3) is 0 Å². The van der Waals surface area contributed by atoms with Gasteiger partial charge in [-0.1, -0.05) is 74.0 Å². The van der Waals surface area contributed by atoms with Crippen LogP contribution in [-0.2, 0) is 27.3 Å². The Morgan fingerprint density at radius 2 is 1.56 bits per heavy atom. The molecule has 2 aromatic rings. The van der Waals surface area contributed by atoms with Crippen molar-refractivity contribution in [3.8, 4) is 0 Å². The zero-order chi connectivity index (χ0) is 19.3. The van der Waals surface area contributed by atoms with Gasteiger partial charge in [0.05, 0.1) is 6.61 Å². The minimum atomic E-state index is -0.747. The second kappa shape index (κ2) is 11.7. The maximum Gasteiger partial charge on any atom is 0.407 e. The van der Waals surface area contributed by atoms with Crippen LogP contribution in [0.3, 0.4) is 0 Å². The van der Waals surface area contributed by atoms with E-state index in [0.29, 0.717) is 19.4 Å². The summed E-state index contributed by atoms with van der Waals surface area (Å²) in [4.78, 5) is 24.5. The van der Waals surface area contributed by atoms with Crippen molar-refractivity contribution in [1.82, 2.24) is 5.32 Å². The van der Waals surface area contributed by atoms with E-state index in [2.05, 4.69) is 5.32 Å². The minimum Gasteiger partial charge on any atom is -0.459 e. The molecule has 0 saturated carbocycles. The molecule has 0 heterocycles. The molecule has 1 atom stereocenters. The predicted octanol–water partition coefficient (Wildman–Crippen LogP) is 4.26. The van der Waals surface area contributed by atoms with E-state index in [0.717, 1.165) is 24.0 Å². The van der Waals surface area contributed by atoms with E-state index in [1.165, 1.54) is 0 Å². The second-order valence-electron chi connectivity index (χ2n) is 6.30. The van der Waals surface area contributed by atoms with Crippen molar-refractivity contribution < 1.29 is 19.1 Å². The molecule has 27 heavy (non-hydrogen) atoms. The van der Waals surface area contributed by atoms with Crippen molar-refractivity contribution >= 4 is 12.1 Å². The number of rotatable bonds is 10. The van der Waals surface area contributed by atoms with Crippen LogP contribution < -0.4 is 5.32 Å². The van der Waals surface area contributed by atoms with Crippen molar-refractivity contribution in [3.63, 3.8) is 0 Å². The Bertz CT molecular complexity index is 688. The molecular formula is C22H27NO4. The lowest BCUT2D eigenvalue weighted by molar-refractivity contribution is -0.147. The van der Waals surface area contributed by atoms with Crippen LogP contribution in [0.5, 0.6) is 0 Å². The quantitative estimate of drug-likeness (QED) is 0.502. The van der Waals surface area contributed by atoms with E-state index in [9.17, 15) is 9.59 Å². The average Bonchev–Trinajstić information content (AvgIpc) is 2.71. The number of esters is 1. The van der Waals surface area contributed by atoms with Gasteiger partial charge in [-0.3, -0.25) is 0 Å². The highest BCUT2D eigenvalue weighted by atomic mass is 16.6. The molecule has 0 fully saturated rings. The van der Waals surface area contributed by atoms with Crippen LogP contribution in [0.2, 0.25) is 0 Å². The molecule has 0 aromatic heterocycles. The average molecular weight is 369 g/mol. The van der Waals surface area contributed by atoms with Crippen LogP contribution in [0.25, 0.3) is 0 Å². The molecule has 1 amide bonds. The monoisotopic (exact) mass is 369 g/mol. The van der Waals surface area contributed by atoms with Gasteiger partial charge < -0.3 is 14.8 Å². The molecule has 144 valence electrons. The van der Waals surface area contributed by atoms with Crippen molar-refractivity contribution in [3.05, 3.63) is 71.8 Å². The summed E-state index contributed by atoms with van der Waals surface area (Å²) in [7, 11) is 0. The summed E-state index contributed by atoms with van der Waals surface area (Å²) in [6.45, 7) is 2.53. The molecule has 0 spiro atoms. The van der Waals surface area contributed by atoms with Crippen LogP contribution in [0.15, 0.2) is 60.7 Å². The summed E-state index contributed by atoms with van der Waals surface area (Å²) in [5, 5.41) is 2.65. The first-order chi connectivity index (χ1) is 13.2. The first-order valence-corrected chi connectivity index (χ1v) is 9.37. The number of nitrogens with one attached hydrogen (secondary N) is 1. The van der Waals surface area contributed by atoms with E-state index >= 15 is 0 Å². The summed E-state index contributed by atoms with van der Waals surface area (Å²) in [6.07, 6.45) is 2.24.